The first-order valence-electron chi connectivity index (χ1n) is 8.95. The summed E-state index contributed by atoms with van der Waals surface area (Å²) in [6.07, 6.45) is -6.27. The van der Waals surface area contributed by atoms with E-state index in [0.717, 1.165) is 12.1 Å². The maximum atomic E-state index is 12.5. The van der Waals surface area contributed by atoms with E-state index in [4.69, 9.17) is 18.3 Å². The van der Waals surface area contributed by atoms with Crippen molar-refractivity contribution in [1.82, 2.24) is 0 Å². The summed E-state index contributed by atoms with van der Waals surface area (Å²) in [5, 5.41) is 59.3. The van der Waals surface area contributed by atoms with Gasteiger partial charge in [0, 0.05) is 10.8 Å². The fourth-order valence-corrected chi connectivity index (χ4v) is 3.68. The third-order valence-electron chi connectivity index (χ3n) is 5.22. The molecule has 6 N–H and O–H groups in total. The topological polar surface area (TPSA) is 200 Å². The Morgan fingerprint density at radius 1 is 0.839 bits per heavy atom. The third-order valence-corrected chi connectivity index (χ3v) is 5.22. The van der Waals surface area contributed by atoms with Crippen LogP contribution >= 0.6 is 0 Å². The van der Waals surface area contributed by atoms with Crippen LogP contribution < -0.4 is 16.0 Å². The van der Waals surface area contributed by atoms with Crippen molar-refractivity contribution in [2.24, 2.45) is 0 Å². The van der Waals surface area contributed by atoms with E-state index in [0.29, 0.717) is 0 Å². The molecule has 2 aromatic carbocycles. The first kappa shape index (κ1) is 19.4. The van der Waals surface area contributed by atoms with Gasteiger partial charge >= 0.3 is 11.3 Å². The highest BCUT2D eigenvalue weighted by molar-refractivity contribution is 6.22. The molecule has 0 aliphatic carbocycles. The van der Waals surface area contributed by atoms with E-state index in [1.807, 2.05) is 0 Å². The highest BCUT2D eigenvalue weighted by atomic mass is 16.7. The van der Waals surface area contributed by atoms with Crippen molar-refractivity contribution in [3.63, 3.8) is 0 Å². The molecule has 1 saturated heterocycles. The Kier molecular flexibility index (Phi) is 4.04. The molecular formula is C19H14O12. The average molecular weight is 434 g/mol. The van der Waals surface area contributed by atoms with E-state index in [1.165, 1.54) is 0 Å². The summed E-state index contributed by atoms with van der Waals surface area (Å²) < 4.78 is 20.9. The van der Waals surface area contributed by atoms with Crippen LogP contribution in [0, 0.1) is 0 Å². The molecule has 31 heavy (non-hydrogen) atoms. The summed E-state index contributed by atoms with van der Waals surface area (Å²) in [6, 6.07) is 1.90. The molecule has 2 aromatic heterocycles. The van der Waals surface area contributed by atoms with Gasteiger partial charge < -0.3 is 48.9 Å². The van der Waals surface area contributed by atoms with Gasteiger partial charge in [-0.2, -0.15) is 0 Å². The lowest BCUT2D eigenvalue weighted by Gasteiger charge is -2.35. The molecule has 0 spiro atoms. The number of aromatic hydroxyl groups is 3. The third kappa shape index (κ3) is 2.63. The van der Waals surface area contributed by atoms with Crippen LogP contribution in [0.3, 0.4) is 0 Å². The second kappa shape index (κ2) is 6.46. The van der Waals surface area contributed by atoms with Crippen LogP contribution in [0.5, 0.6) is 23.0 Å². The number of phenols is 3. The number of aliphatic hydroxyl groups is 3. The predicted molar refractivity (Wildman–Crippen MR) is 101 cm³/mol. The first-order chi connectivity index (χ1) is 14.7. The molecule has 4 aromatic rings. The number of aliphatic hydroxyl groups excluding tert-OH is 3. The second-order valence-corrected chi connectivity index (χ2v) is 7.12. The highest BCUT2D eigenvalue weighted by Crippen LogP contribution is 2.45. The van der Waals surface area contributed by atoms with E-state index in [1.54, 1.807) is 0 Å². The predicted octanol–water partition coefficient (Wildman–Crippen LogP) is -0.575. The van der Waals surface area contributed by atoms with Crippen molar-refractivity contribution in [3.8, 4) is 23.0 Å². The van der Waals surface area contributed by atoms with Gasteiger partial charge in [-0.05, 0) is 12.1 Å². The summed E-state index contributed by atoms with van der Waals surface area (Å²) in [5.41, 5.74) is -2.93. The van der Waals surface area contributed by atoms with Crippen LogP contribution in [0.1, 0.15) is 0 Å². The Bertz CT molecular complexity index is 1450. The Hall–Kier alpha value is -3.58. The van der Waals surface area contributed by atoms with Gasteiger partial charge in [-0.3, -0.25) is 0 Å². The number of hydrogen-bond donors (Lipinski definition) is 6. The van der Waals surface area contributed by atoms with Gasteiger partial charge in [-0.1, -0.05) is 0 Å². The molecule has 0 amide bonds. The Labute approximate surface area is 169 Å². The minimum Gasteiger partial charge on any atom is -0.504 e. The minimum atomic E-state index is -1.72. The smallest absolute Gasteiger partial charge is 0.344 e. The average Bonchev–Trinajstić information content (AvgIpc) is 2.73. The van der Waals surface area contributed by atoms with Crippen LogP contribution in [-0.4, -0.2) is 61.8 Å². The molecule has 4 atom stereocenters. The maximum Gasteiger partial charge on any atom is 0.344 e. The van der Waals surface area contributed by atoms with Crippen molar-refractivity contribution >= 4 is 32.7 Å². The number of benzene rings is 2. The molecule has 3 heterocycles. The van der Waals surface area contributed by atoms with Gasteiger partial charge in [0.05, 0.1) is 17.4 Å². The molecule has 12 heteroatoms. The van der Waals surface area contributed by atoms with Crippen molar-refractivity contribution < 1.29 is 48.9 Å². The van der Waals surface area contributed by atoms with Crippen LogP contribution in [0.25, 0.3) is 32.7 Å². The van der Waals surface area contributed by atoms with Gasteiger partial charge in [0.25, 0.3) is 0 Å². The van der Waals surface area contributed by atoms with Crippen LogP contribution in [0.2, 0.25) is 0 Å². The molecular weight excluding hydrogens is 420 g/mol. The van der Waals surface area contributed by atoms with E-state index in [9.17, 15) is 40.2 Å². The molecule has 1 aliphatic rings. The summed E-state index contributed by atoms with van der Waals surface area (Å²) >= 11 is 0. The lowest BCUT2D eigenvalue weighted by atomic mass is 10.0. The molecule has 0 bridgehead atoms. The normalized spacial score (nSPS) is 24.4. The van der Waals surface area contributed by atoms with Gasteiger partial charge in [-0.25, -0.2) is 9.59 Å². The second-order valence-electron chi connectivity index (χ2n) is 7.12. The number of hydrogen-bond acceptors (Lipinski definition) is 12. The highest BCUT2D eigenvalue weighted by Gasteiger charge is 2.40. The van der Waals surface area contributed by atoms with Gasteiger partial charge in [0.1, 0.15) is 18.3 Å². The number of ether oxygens (including phenoxy) is 2. The summed E-state index contributed by atoms with van der Waals surface area (Å²) in [6.45, 7) is -0.393. The molecule has 12 nitrogen and oxygen atoms in total. The van der Waals surface area contributed by atoms with Crippen molar-refractivity contribution in [2.45, 2.75) is 24.6 Å². The van der Waals surface area contributed by atoms with Crippen LogP contribution in [0.15, 0.2) is 30.6 Å². The molecule has 1 aliphatic heterocycles. The van der Waals surface area contributed by atoms with Crippen molar-refractivity contribution in [2.75, 3.05) is 6.61 Å². The zero-order valence-corrected chi connectivity index (χ0v) is 15.3. The molecule has 162 valence electrons. The summed E-state index contributed by atoms with van der Waals surface area (Å²) in [7, 11) is 0. The largest absolute Gasteiger partial charge is 0.504 e. The first-order valence-corrected chi connectivity index (χ1v) is 8.95. The maximum absolute atomic E-state index is 12.5. The lowest BCUT2D eigenvalue weighted by Crippen LogP contribution is -2.54. The van der Waals surface area contributed by atoms with Gasteiger partial charge in [0.2, 0.25) is 17.8 Å². The molecule has 0 unspecified atom stereocenters. The molecule has 0 radical (unpaired) electrons. The number of rotatable bonds is 2. The quantitative estimate of drug-likeness (QED) is 0.133. The van der Waals surface area contributed by atoms with E-state index >= 15 is 0 Å². The molecule has 1 fully saturated rings. The standard InChI is InChI=1S/C19H14O12/c20-6-1-4-9-10-5(17(26)29-15(9)12(6)24)2-7(21)14(16(10)30-18(4)27)31-19-13(25)11(23)8(22)3-28-19/h1-2,8,11,13,19-25H,3H2/t8-,11-,13+,19-/m0/s1. The summed E-state index contributed by atoms with van der Waals surface area (Å²) in [5.74, 6) is -2.67. The van der Waals surface area contributed by atoms with Gasteiger partial charge in [-0.15, -0.1) is 0 Å². The zero-order valence-electron chi connectivity index (χ0n) is 15.3. The van der Waals surface area contributed by atoms with E-state index in [2.05, 4.69) is 0 Å². The molecule has 5 rings (SSSR count). The fourth-order valence-electron chi connectivity index (χ4n) is 3.68. The molecule has 0 saturated carbocycles. The number of phenolic OH excluding ortho intramolecular Hbond substituents is 3. The SMILES string of the molecule is O=c1oc2c(O[C@@H]3OC[C@H](O)[C@H](O)[C@H]3O)c(O)cc3c(=O)oc4c(O)c(O)cc1c4c23. The Morgan fingerprint density at radius 2 is 1.42 bits per heavy atom. The zero-order chi connectivity index (χ0) is 22.2. The monoisotopic (exact) mass is 434 g/mol. The lowest BCUT2D eigenvalue weighted by molar-refractivity contribution is -0.242. The summed E-state index contributed by atoms with van der Waals surface area (Å²) in [4.78, 5) is 25.0. The van der Waals surface area contributed by atoms with E-state index in [-0.39, 0.29) is 21.5 Å². The Morgan fingerprint density at radius 3 is 2.10 bits per heavy atom. The van der Waals surface area contributed by atoms with Crippen LogP contribution in [0.4, 0.5) is 0 Å². The van der Waals surface area contributed by atoms with Crippen molar-refractivity contribution in [1.29, 1.82) is 0 Å². The Balaban J connectivity index is 1.82. The van der Waals surface area contributed by atoms with Crippen molar-refractivity contribution in [3.05, 3.63) is 33.0 Å². The fraction of sp³-hybridized carbons (Fsp3) is 0.263. The van der Waals surface area contributed by atoms with Crippen LogP contribution in [-0.2, 0) is 4.74 Å². The van der Waals surface area contributed by atoms with Gasteiger partial charge in [0.15, 0.2) is 22.7 Å². The minimum absolute atomic E-state index is 0.0603. The van der Waals surface area contributed by atoms with E-state index < -0.39 is 76.6 Å².